The van der Waals surface area contributed by atoms with Gasteiger partial charge in [-0.25, -0.2) is 4.98 Å². The van der Waals surface area contributed by atoms with Gasteiger partial charge in [0.1, 0.15) is 11.6 Å². The Kier molecular flexibility index (Phi) is 4.28. The lowest BCUT2D eigenvalue weighted by molar-refractivity contribution is 0.201. The SMILES string of the molecule is COc1ccc(CN2CCC(c3nnc4ncc(C5CC5)cn34)CC2)cc1. The summed E-state index contributed by atoms with van der Waals surface area (Å²) in [5.41, 5.74) is 2.67. The summed E-state index contributed by atoms with van der Waals surface area (Å²) in [7, 11) is 1.71. The lowest BCUT2D eigenvalue weighted by Gasteiger charge is -2.31. The van der Waals surface area contributed by atoms with Crippen molar-refractivity contribution in [2.45, 2.75) is 44.1 Å². The second-order valence-corrected chi connectivity index (χ2v) is 7.79. The predicted octanol–water partition coefficient (Wildman–Crippen LogP) is 3.39. The molecule has 2 aliphatic rings. The summed E-state index contributed by atoms with van der Waals surface area (Å²) in [5, 5.41) is 8.78. The first-order valence-electron chi connectivity index (χ1n) is 9.86. The molecule has 1 aliphatic heterocycles. The number of piperidine rings is 1. The van der Waals surface area contributed by atoms with E-state index in [4.69, 9.17) is 4.74 Å². The molecule has 0 N–H and O–H groups in total. The molecule has 3 aromatic rings. The van der Waals surface area contributed by atoms with Gasteiger partial charge in [-0.15, -0.1) is 10.2 Å². The number of aromatic nitrogens is 4. The van der Waals surface area contributed by atoms with Crippen LogP contribution in [0.15, 0.2) is 36.7 Å². The Morgan fingerprint density at radius 3 is 2.48 bits per heavy atom. The number of benzene rings is 1. The number of nitrogens with zero attached hydrogens (tertiary/aromatic N) is 5. The van der Waals surface area contributed by atoms with Gasteiger partial charge in [0.15, 0.2) is 0 Å². The van der Waals surface area contributed by atoms with Gasteiger partial charge in [0.2, 0.25) is 0 Å². The Labute approximate surface area is 159 Å². The molecule has 0 radical (unpaired) electrons. The monoisotopic (exact) mass is 363 g/mol. The third-order valence-electron chi connectivity index (χ3n) is 5.88. The largest absolute Gasteiger partial charge is 0.497 e. The highest BCUT2D eigenvalue weighted by Crippen LogP contribution is 2.39. The van der Waals surface area contributed by atoms with E-state index in [1.165, 1.54) is 24.0 Å². The molecule has 1 aliphatic carbocycles. The van der Waals surface area contributed by atoms with E-state index in [2.05, 4.69) is 42.8 Å². The minimum atomic E-state index is 0.461. The number of hydrogen-bond acceptors (Lipinski definition) is 5. The van der Waals surface area contributed by atoms with E-state index in [0.717, 1.165) is 49.8 Å². The molecule has 0 spiro atoms. The Bertz CT molecular complexity index is 923. The van der Waals surface area contributed by atoms with Crippen LogP contribution < -0.4 is 4.74 Å². The number of fused-ring (bicyclic) bond motifs is 1. The lowest BCUT2D eigenvalue weighted by atomic mass is 9.95. The van der Waals surface area contributed by atoms with Crippen molar-refractivity contribution in [3.05, 3.63) is 53.6 Å². The molecule has 2 fully saturated rings. The number of methoxy groups -OCH3 is 1. The molecule has 0 atom stereocenters. The highest BCUT2D eigenvalue weighted by atomic mass is 16.5. The molecule has 3 heterocycles. The first-order valence-corrected chi connectivity index (χ1v) is 9.86. The summed E-state index contributed by atoms with van der Waals surface area (Å²) in [4.78, 5) is 7.03. The summed E-state index contributed by atoms with van der Waals surface area (Å²) < 4.78 is 7.38. The molecule has 2 aromatic heterocycles. The molecule has 0 bridgehead atoms. The maximum atomic E-state index is 5.24. The van der Waals surface area contributed by atoms with Gasteiger partial charge in [0, 0.05) is 24.9 Å². The molecule has 1 aromatic carbocycles. The third-order valence-corrected chi connectivity index (χ3v) is 5.88. The third kappa shape index (κ3) is 3.41. The first-order chi connectivity index (χ1) is 13.3. The van der Waals surface area contributed by atoms with Gasteiger partial charge in [0.05, 0.1) is 7.11 Å². The fourth-order valence-electron chi connectivity index (χ4n) is 4.07. The molecular weight excluding hydrogens is 338 g/mol. The van der Waals surface area contributed by atoms with Crippen molar-refractivity contribution in [2.24, 2.45) is 0 Å². The summed E-state index contributed by atoms with van der Waals surface area (Å²) in [6.45, 7) is 3.16. The van der Waals surface area contributed by atoms with E-state index in [1.54, 1.807) is 7.11 Å². The fourth-order valence-corrected chi connectivity index (χ4v) is 4.07. The van der Waals surface area contributed by atoms with Crippen LogP contribution in [-0.4, -0.2) is 44.7 Å². The highest BCUT2D eigenvalue weighted by Gasteiger charge is 2.27. The van der Waals surface area contributed by atoms with Crippen molar-refractivity contribution in [1.29, 1.82) is 0 Å². The van der Waals surface area contributed by atoms with Crippen LogP contribution >= 0.6 is 0 Å². The number of ether oxygens (including phenoxy) is 1. The zero-order valence-corrected chi connectivity index (χ0v) is 15.7. The molecular formula is C21H25N5O. The standard InChI is InChI=1S/C21H25N5O/c1-27-19-6-2-15(3-7-19)13-25-10-8-17(9-11-25)20-23-24-21-22-12-18(14-26(20)21)16-4-5-16/h2-3,6-7,12,14,16-17H,4-5,8-11,13H2,1H3. The average molecular weight is 363 g/mol. The van der Waals surface area contributed by atoms with E-state index in [1.807, 2.05) is 18.3 Å². The summed E-state index contributed by atoms with van der Waals surface area (Å²) >= 11 is 0. The zero-order valence-electron chi connectivity index (χ0n) is 15.7. The van der Waals surface area contributed by atoms with Crippen LogP contribution in [0.4, 0.5) is 0 Å². The maximum Gasteiger partial charge on any atom is 0.254 e. The molecule has 140 valence electrons. The predicted molar refractivity (Wildman–Crippen MR) is 103 cm³/mol. The van der Waals surface area contributed by atoms with Gasteiger partial charge >= 0.3 is 0 Å². The van der Waals surface area contributed by atoms with Crippen LogP contribution in [0.3, 0.4) is 0 Å². The average Bonchev–Trinajstić information content (AvgIpc) is 3.49. The number of rotatable bonds is 5. The summed E-state index contributed by atoms with van der Waals surface area (Å²) in [6, 6.07) is 8.38. The van der Waals surface area contributed by atoms with Gasteiger partial charge in [0.25, 0.3) is 5.78 Å². The van der Waals surface area contributed by atoms with Gasteiger partial charge in [-0.2, -0.15) is 0 Å². The van der Waals surface area contributed by atoms with Crippen LogP contribution in [0.2, 0.25) is 0 Å². The van der Waals surface area contributed by atoms with Crippen LogP contribution in [0.1, 0.15) is 54.5 Å². The molecule has 0 amide bonds. The smallest absolute Gasteiger partial charge is 0.254 e. The summed E-state index contributed by atoms with van der Waals surface area (Å²) in [6.07, 6.45) is 9.00. The molecule has 6 heteroatoms. The van der Waals surface area contributed by atoms with Gasteiger partial charge in [-0.1, -0.05) is 12.1 Å². The quantitative estimate of drug-likeness (QED) is 0.695. The molecule has 27 heavy (non-hydrogen) atoms. The van der Waals surface area contributed by atoms with Crippen LogP contribution in [-0.2, 0) is 6.54 Å². The molecule has 6 nitrogen and oxygen atoms in total. The topological polar surface area (TPSA) is 55.5 Å². The first kappa shape index (κ1) is 16.7. The van der Waals surface area contributed by atoms with Crippen molar-refractivity contribution < 1.29 is 4.74 Å². The van der Waals surface area contributed by atoms with E-state index in [0.29, 0.717) is 11.8 Å². The van der Waals surface area contributed by atoms with Crippen LogP contribution in [0, 0.1) is 0 Å². The molecule has 0 unspecified atom stereocenters. The normalized spacial score (nSPS) is 18.9. The van der Waals surface area contributed by atoms with Crippen molar-refractivity contribution >= 4 is 5.78 Å². The second-order valence-electron chi connectivity index (χ2n) is 7.79. The van der Waals surface area contributed by atoms with Crippen LogP contribution in [0.5, 0.6) is 5.75 Å². The van der Waals surface area contributed by atoms with Crippen LogP contribution in [0.25, 0.3) is 5.78 Å². The van der Waals surface area contributed by atoms with Crippen molar-refractivity contribution in [1.82, 2.24) is 24.5 Å². The summed E-state index contributed by atoms with van der Waals surface area (Å²) in [5.74, 6) is 3.89. The minimum Gasteiger partial charge on any atom is -0.497 e. The Balaban J connectivity index is 1.26. The van der Waals surface area contributed by atoms with Crippen molar-refractivity contribution in [3.63, 3.8) is 0 Å². The Morgan fingerprint density at radius 2 is 1.78 bits per heavy atom. The molecule has 1 saturated heterocycles. The van der Waals surface area contributed by atoms with Crippen molar-refractivity contribution in [3.8, 4) is 5.75 Å². The Morgan fingerprint density at radius 1 is 1.00 bits per heavy atom. The number of hydrogen-bond donors (Lipinski definition) is 0. The van der Waals surface area contributed by atoms with Crippen molar-refractivity contribution in [2.75, 3.05) is 20.2 Å². The van der Waals surface area contributed by atoms with E-state index >= 15 is 0 Å². The number of likely N-dealkylation sites (tertiary alicyclic amines) is 1. The van der Waals surface area contributed by atoms with Gasteiger partial charge < -0.3 is 4.74 Å². The van der Waals surface area contributed by atoms with E-state index in [-0.39, 0.29) is 0 Å². The van der Waals surface area contributed by atoms with Gasteiger partial charge in [-0.05, 0) is 68.0 Å². The lowest BCUT2D eigenvalue weighted by Crippen LogP contribution is -2.33. The maximum absolute atomic E-state index is 5.24. The molecule has 5 rings (SSSR count). The zero-order chi connectivity index (χ0) is 18.2. The highest BCUT2D eigenvalue weighted by molar-refractivity contribution is 5.32. The molecule has 1 saturated carbocycles. The Hall–Kier alpha value is -2.47. The van der Waals surface area contributed by atoms with Gasteiger partial charge in [-0.3, -0.25) is 9.30 Å². The second kappa shape index (κ2) is 6.93. The van der Waals surface area contributed by atoms with E-state index in [9.17, 15) is 0 Å². The fraction of sp³-hybridized carbons (Fsp3) is 0.476. The minimum absolute atomic E-state index is 0.461. The van der Waals surface area contributed by atoms with E-state index < -0.39 is 0 Å².